The Kier molecular flexibility index (Phi) is 4.94. The molecule has 1 aliphatic rings. The predicted molar refractivity (Wildman–Crippen MR) is 68.4 cm³/mol. The fourth-order valence-corrected chi connectivity index (χ4v) is 3.03. The van der Waals surface area contributed by atoms with E-state index in [1.807, 2.05) is 6.92 Å². The smallest absolute Gasteiger partial charge is 0.256 e. The molecule has 0 unspecified atom stereocenters. The van der Waals surface area contributed by atoms with Crippen molar-refractivity contribution >= 4 is 0 Å². The van der Waals surface area contributed by atoms with Gasteiger partial charge in [0.25, 0.3) is 6.43 Å². The van der Waals surface area contributed by atoms with E-state index in [0.717, 1.165) is 19.3 Å². The Balaban J connectivity index is 2.65. The standard InChI is InChI=1S/C14H27F2N/c1-5-13(3,4)11-7-9-14(10-8-11,12(15)16)17-6-2/h11-12,17H,5-10H2,1-4H3. The third-order valence-electron chi connectivity index (χ3n) is 4.84. The van der Waals surface area contributed by atoms with E-state index in [-0.39, 0.29) is 0 Å². The Hall–Kier alpha value is -0.180. The molecule has 1 aliphatic carbocycles. The summed E-state index contributed by atoms with van der Waals surface area (Å²) in [6, 6.07) is 0. The molecule has 0 amide bonds. The molecule has 0 heterocycles. The molecule has 0 aromatic rings. The van der Waals surface area contributed by atoms with Crippen molar-refractivity contribution in [2.75, 3.05) is 6.54 Å². The van der Waals surface area contributed by atoms with Crippen LogP contribution in [0.3, 0.4) is 0 Å². The highest BCUT2D eigenvalue weighted by Crippen LogP contribution is 2.45. The van der Waals surface area contributed by atoms with Gasteiger partial charge >= 0.3 is 0 Å². The van der Waals surface area contributed by atoms with Gasteiger partial charge in [-0.3, -0.25) is 0 Å². The second-order valence-corrected chi connectivity index (χ2v) is 6.10. The molecule has 17 heavy (non-hydrogen) atoms. The van der Waals surface area contributed by atoms with Gasteiger partial charge in [-0.25, -0.2) is 8.78 Å². The topological polar surface area (TPSA) is 12.0 Å². The second kappa shape index (κ2) is 5.64. The lowest BCUT2D eigenvalue weighted by Crippen LogP contribution is -2.54. The first kappa shape index (κ1) is 14.9. The second-order valence-electron chi connectivity index (χ2n) is 6.10. The van der Waals surface area contributed by atoms with Crippen LogP contribution in [0.1, 0.15) is 59.8 Å². The van der Waals surface area contributed by atoms with Crippen molar-refractivity contribution < 1.29 is 8.78 Å². The number of rotatable bonds is 5. The van der Waals surface area contributed by atoms with Gasteiger partial charge in [-0.05, 0) is 43.6 Å². The van der Waals surface area contributed by atoms with Gasteiger partial charge in [-0.15, -0.1) is 0 Å². The molecule has 0 saturated heterocycles. The minimum Gasteiger partial charge on any atom is -0.307 e. The van der Waals surface area contributed by atoms with Crippen molar-refractivity contribution in [3.63, 3.8) is 0 Å². The molecule has 0 aromatic heterocycles. The highest BCUT2D eigenvalue weighted by Gasteiger charge is 2.44. The summed E-state index contributed by atoms with van der Waals surface area (Å²) in [6.45, 7) is 9.26. The van der Waals surface area contributed by atoms with Crippen molar-refractivity contribution in [1.82, 2.24) is 5.32 Å². The molecule has 0 spiro atoms. The summed E-state index contributed by atoms with van der Waals surface area (Å²) in [5.41, 5.74) is -0.616. The van der Waals surface area contributed by atoms with Crippen molar-refractivity contribution in [2.45, 2.75) is 71.8 Å². The molecule has 1 N–H and O–H groups in total. The summed E-state index contributed by atoms with van der Waals surface area (Å²) < 4.78 is 26.4. The first-order chi connectivity index (χ1) is 7.88. The van der Waals surface area contributed by atoms with E-state index in [1.54, 1.807) is 0 Å². The van der Waals surface area contributed by atoms with Crippen molar-refractivity contribution in [2.24, 2.45) is 11.3 Å². The summed E-state index contributed by atoms with van der Waals surface area (Å²) in [6.07, 6.45) is 1.98. The lowest BCUT2D eigenvalue weighted by Gasteiger charge is -2.45. The van der Waals surface area contributed by atoms with E-state index in [2.05, 4.69) is 26.1 Å². The van der Waals surface area contributed by atoms with E-state index in [0.29, 0.717) is 30.7 Å². The Morgan fingerprint density at radius 2 is 1.76 bits per heavy atom. The maximum absolute atomic E-state index is 13.2. The van der Waals surface area contributed by atoms with Gasteiger partial charge in [0, 0.05) is 0 Å². The van der Waals surface area contributed by atoms with E-state index in [9.17, 15) is 8.78 Å². The number of hydrogen-bond donors (Lipinski definition) is 1. The van der Waals surface area contributed by atoms with Crippen molar-refractivity contribution in [1.29, 1.82) is 0 Å². The third-order valence-corrected chi connectivity index (χ3v) is 4.84. The van der Waals surface area contributed by atoms with Crippen LogP contribution in [0.5, 0.6) is 0 Å². The van der Waals surface area contributed by atoms with E-state index >= 15 is 0 Å². The fourth-order valence-electron chi connectivity index (χ4n) is 3.03. The highest BCUT2D eigenvalue weighted by atomic mass is 19.3. The molecule has 3 heteroatoms. The normalized spacial score (nSPS) is 30.9. The Bertz CT molecular complexity index is 230. The molecule has 1 fully saturated rings. The summed E-state index contributed by atoms with van der Waals surface area (Å²) in [7, 11) is 0. The van der Waals surface area contributed by atoms with Gasteiger partial charge in [-0.1, -0.05) is 34.1 Å². The van der Waals surface area contributed by atoms with Gasteiger partial charge in [-0.2, -0.15) is 0 Å². The number of alkyl halides is 2. The highest BCUT2D eigenvalue weighted by molar-refractivity contribution is 4.97. The zero-order chi connectivity index (χ0) is 13.1. The molecule has 1 saturated carbocycles. The van der Waals surface area contributed by atoms with Gasteiger partial charge in [0.2, 0.25) is 0 Å². The summed E-state index contributed by atoms with van der Waals surface area (Å²) in [5.74, 6) is 0.595. The predicted octanol–water partition coefficient (Wildman–Crippen LogP) is 4.23. The Morgan fingerprint density at radius 3 is 2.12 bits per heavy atom. The van der Waals surface area contributed by atoms with Crippen LogP contribution in [-0.2, 0) is 0 Å². The van der Waals surface area contributed by atoms with Crippen molar-refractivity contribution in [3.05, 3.63) is 0 Å². The summed E-state index contributed by atoms with van der Waals surface area (Å²) >= 11 is 0. The monoisotopic (exact) mass is 247 g/mol. The largest absolute Gasteiger partial charge is 0.307 e. The maximum atomic E-state index is 13.2. The summed E-state index contributed by atoms with van der Waals surface area (Å²) in [4.78, 5) is 0. The van der Waals surface area contributed by atoms with Crippen LogP contribution in [0.4, 0.5) is 8.78 Å². The van der Waals surface area contributed by atoms with Gasteiger partial charge in [0.1, 0.15) is 0 Å². The third kappa shape index (κ3) is 3.18. The van der Waals surface area contributed by atoms with Crippen LogP contribution in [0, 0.1) is 11.3 Å². The molecule has 0 aliphatic heterocycles. The number of nitrogens with one attached hydrogen (secondary N) is 1. The van der Waals surface area contributed by atoms with Crippen LogP contribution in [0.2, 0.25) is 0 Å². The number of hydrogen-bond acceptors (Lipinski definition) is 1. The Morgan fingerprint density at radius 1 is 1.24 bits per heavy atom. The minimum absolute atomic E-state index is 0.292. The molecule has 0 radical (unpaired) electrons. The molecule has 0 bridgehead atoms. The van der Waals surface area contributed by atoms with Gasteiger partial charge < -0.3 is 5.32 Å². The van der Waals surface area contributed by atoms with Crippen LogP contribution in [-0.4, -0.2) is 18.5 Å². The average Bonchev–Trinajstić information content (AvgIpc) is 2.30. The average molecular weight is 247 g/mol. The van der Waals surface area contributed by atoms with Crippen LogP contribution >= 0.6 is 0 Å². The fraction of sp³-hybridized carbons (Fsp3) is 1.00. The minimum atomic E-state index is -2.24. The van der Waals surface area contributed by atoms with Crippen LogP contribution in [0.25, 0.3) is 0 Å². The molecule has 1 nitrogen and oxygen atoms in total. The van der Waals surface area contributed by atoms with E-state index < -0.39 is 12.0 Å². The van der Waals surface area contributed by atoms with Gasteiger partial charge in [0.15, 0.2) is 0 Å². The van der Waals surface area contributed by atoms with Crippen LogP contribution in [0.15, 0.2) is 0 Å². The van der Waals surface area contributed by atoms with Gasteiger partial charge in [0.05, 0.1) is 5.54 Å². The molecular weight excluding hydrogens is 220 g/mol. The quantitative estimate of drug-likeness (QED) is 0.766. The molecule has 1 rings (SSSR count). The summed E-state index contributed by atoms with van der Waals surface area (Å²) in [5, 5.41) is 3.04. The van der Waals surface area contributed by atoms with E-state index in [1.165, 1.54) is 0 Å². The van der Waals surface area contributed by atoms with Crippen LogP contribution < -0.4 is 5.32 Å². The molecule has 0 atom stereocenters. The molecule has 102 valence electrons. The first-order valence-electron chi connectivity index (χ1n) is 6.91. The van der Waals surface area contributed by atoms with E-state index in [4.69, 9.17) is 0 Å². The number of halogens is 2. The SMILES string of the molecule is CCNC1(C(F)F)CCC(C(C)(C)CC)CC1. The molecule has 0 aromatic carbocycles. The Labute approximate surface area is 104 Å². The zero-order valence-corrected chi connectivity index (χ0v) is 11.7. The lowest BCUT2D eigenvalue weighted by atomic mass is 9.65. The first-order valence-corrected chi connectivity index (χ1v) is 6.91. The lowest BCUT2D eigenvalue weighted by molar-refractivity contribution is -0.0158. The zero-order valence-electron chi connectivity index (χ0n) is 11.7. The molecular formula is C14H27F2N. The maximum Gasteiger partial charge on any atom is 0.256 e. The van der Waals surface area contributed by atoms with Crippen molar-refractivity contribution in [3.8, 4) is 0 Å².